The zero-order chi connectivity index (χ0) is 18.0. The molecule has 1 fully saturated rings. The number of hydrogen-bond donors (Lipinski definition) is 2. The van der Waals surface area contributed by atoms with Gasteiger partial charge in [-0.05, 0) is 37.1 Å². The van der Waals surface area contributed by atoms with Crippen molar-refractivity contribution in [2.75, 3.05) is 20.6 Å². The molecule has 0 spiro atoms. The Morgan fingerprint density at radius 3 is 2.80 bits per heavy atom. The van der Waals surface area contributed by atoms with Gasteiger partial charge in [0.1, 0.15) is 5.82 Å². The molecule has 9 heteroatoms. The topological polar surface area (TPSA) is 102 Å². The Kier molecular flexibility index (Phi) is 5.07. The van der Waals surface area contributed by atoms with E-state index in [2.05, 4.69) is 20.1 Å². The Balaban J connectivity index is 1.84. The van der Waals surface area contributed by atoms with Crippen LogP contribution in [0.5, 0.6) is 0 Å². The fraction of sp³-hybridized carbons (Fsp3) is 0.500. The second-order valence-electron chi connectivity index (χ2n) is 6.48. The second-order valence-corrected chi connectivity index (χ2v) is 8.63. The summed E-state index contributed by atoms with van der Waals surface area (Å²) >= 11 is 0. The van der Waals surface area contributed by atoms with Gasteiger partial charge in [-0.15, -0.1) is 0 Å². The van der Waals surface area contributed by atoms with Crippen LogP contribution in [0.25, 0.3) is 0 Å². The molecule has 1 saturated heterocycles. The minimum absolute atomic E-state index is 0.0295. The molecule has 3 rings (SSSR count). The number of likely N-dealkylation sites (tertiary alicyclic amines) is 1. The van der Waals surface area contributed by atoms with E-state index in [-0.39, 0.29) is 16.6 Å². The Morgan fingerprint density at radius 1 is 1.32 bits per heavy atom. The van der Waals surface area contributed by atoms with E-state index in [0.717, 1.165) is 31.4 Å². The van der Waals surface area contributed by atoms with Crippen molar-refractivity contribution < 1.29 is 8.42 Å². The summed E-state index contributed by atoms with van der Waals surface area (Å²) in [5.41, 5.74) is 0.618. The van der Waals surface area contributed by atoms with Crippen LogP contribution in [-0.4, -0.2) is 53.4 Å². The predicted molar refractivity (Wildman–Crippen MR) is 93.5 cm³/mol. The van der Waals surface area contributed by atoms with Crippen LogP contribution in [0.1, 0.15) is 36.7 Å². The van der Waals surface area contributed by atoms with E-state index in [1.807, 2.05) is 6.07 Å². The van der Waals surface area contributed by atoms with Crippen LogP contribution in [0, 0.1) is 0 Å². The first-order valence-corrected chi connectivity index (χ1v) is 9.72. The zero-order valence-electron chi connectivity index (χ0n) is 14.4. The van der Waals surface area contributed by atoms with Gasteiger partial charge in [-0.2, -0.15) is 5.10 Å². The van der Waals surface area contributed by atoms with Gasteiger partial charge < -0.3 is 0 Å². The lowest BCUT2D eigenvalue weighted by Gasteiger charge is -2.34. The van der Waals surface area contributed by atoms with Crippen molar-refractivity contribution in [3.63, 3.8) is 0 Å². The lowest BCUT2D eigenvalue weighted by atomic mass is 10.0. The first kappa shape index (κ1) is 17.8. The Hall–Kier alpha value is -1.97. The van der Waals surface area contributed by atoms with Gasteiger partial charge in [-0.25, -0.2) is 22.6 Å². The lowest BCUT2D eigenvalue weighted by molar-refractivity contribution is 0.134. The average Bonchev–Trinajstić information content (AvgIpc) is 3.02. The SMILES string of the molecule is CN(C)S(=O)(=O)c1cccc(CN2CCCC[C@@H]2c2n[nH]c(=O)[nH]2)c1. The van der Waals surface area contributed by atoms with Crippen LogP contribution in [0.15, 0.2) is 34.0 Å². The van der Waals surface area contributed by atoms with Crippen molar-refractivity contribution in [2.45, 2.75) is 36.7 Å². The number of nitrogens with one attached hydrogen (secondary N) is 2. The number of aromatic nitrogens is 3. The number of H-pyrrole nitrogens is 2. The maximum Gasteiger partial charge on any atom is 0.340 e. The van der Waals surface area contributed by atoms with E-state index in [1.54, 1.807) is 18.2 Å². The molecule has 136 valence electrons. The third-order valence-electron chi connectivity index (χ3n) is 4.51. The number of piperidine rings is 1. The first-order chi connectivity index (χ1) is 11.9. The molecule has 8 nitrogen and oxygen atoms in total. The predicted octanol–water partition coefficient (Wildman–Crippen LogP) is 1.08. The molecule has 0 amide bonds. The molecule has 0 radical (unpaired) electrons. The number of rotatable bonds is 5. The highest BCUT2D eigenvalue weighted by Gasteiger charge is 2.27. The molecule has 1 aromatic carbocycles. The third kappa shape index (κ3) is 3.83. The number of benzene rings is 1. The number of hydrogen-bond acceptors (Lipinski definition) is 5. The largest absolute Gasteiger partial charge is 0.340 e. The molecular weight excluding hydrogens is 342 g/mol. The maximum atomic E-state index is 12.3. The Morgan fingerprint density at radius 2 is 2.12 bits per heavy atom. The Bertz CT molecular complexity index is 887. The van der Waals surface area contributed by atoms with Gasteiger partial charge in [0.15, 0.2) is 0 Å². The summed E-state index contributed by atoms with van der Waals surface area (Å²) in [5.74, 6) is 0.641. The lowest BCUT2D eigenvalue weighted by Crippen LogP contribution is -2.33. The van der Waals surface area contributed by atoms with Gasteiger partial charge in [-0.1, -0.05) is 18.6 Å². The summed E-state index contributed by atoms with van der Waals surface area (Å²) in [6.07, 6.45) is 3.06. The van der Waals surface area contributed by atoms with E-state index in [9.17, 15) is 13.2 Å². The maximum absolute atomic E-state index is 12.3. The van der Waals surface area contributed by atoms with Crippen LogP contribution in [-0.2, 0) is 16.6 Å². The van der Waals surface area contributed by atoms with Gasteiger partial charge in [-0.3, -0.25) is 9.88 Å². The number of nitrogens with zero attached hydrogens (tertiary/aromatic N) is 3. The highest BCUT2D eigenvalue weighted by atomic mass is 32.2. The molecule has 0 bridgehead atoms. The second kappa shape index (κ2) is 7.11. The van der Waals surface area contributed by atoms with E-state index in [1.165, 1.54) is 18.4 Å². The monoisotopic (exact) mass is 365 g/mol. The van der Waals surface area contributed by atoms with Gasteiger partial charge in [0.05, 0.1) is 10.9 Å². The zero-order valence-corrected chi connectivity index (χ0v) is 15.2. The normalized spacial score (nSPS) is 19.4. The quantitative estimate of drug-likeness (QED) is 0.825. The standard InChI is InChI=1S/C16H23N5O3S/c1-20(2)25(23,24)13-7-5-6-12(10-13)11-21-9-4-3-8-14(21)15-17-16(22)19-18-15/h5-7,10,14H,3-4,8-9,11H2,1-2H3,(H2,17,18,19,22)/t14-/m1/s1. The number of aromatic amines is 2. The van der Waals surface area contributed by atoms with Gasteiger partial charge >= 0.3 is 5.69 Å². The summed E-state index contributed by atoms with van der Waals surface area (Å²) < 4.78 is 25.9. The molecule has 25 heavy (non-hydrogen) atoms. The summed E-state index contributed by atoms with van der Waals surface area (Å²) in [7, 11) is -0.404. The summed E-state index contributed by atoms with van der Waals surface area (Å²) in [6, 6.07) is 7.04. The van der Waals surface area contributed by atoms with E-state index in [4.69, 9.17) is 0 Å². The van der Waals surface area contributed by atoms with Crippen molar-refractivity contribution >= 4 is 10.0 Å². The highest BCUT2D eigenvalue weighted by molar-refractivity contribution is 7.89. The van der Waals surface area contributed by atoms with Gasteiger partial charge in [0, 0.05) is 20.6 Å². The molecule has 1 atom stereocenters. The molecule has 0 saturated carbocycles. The Labute approximate surface area is 146 Å². The van der Waals surface area contributed by atoms with Crippen molar-refractivity contribution in [3.05, 3.63) is 46.1 Å². The van der Waals surface area contributed by atoms with Crippen molar-refractivity contribution in [3.8, 4) is 0 Å². The molecule has 1 aliphatic heterocycles. The first-order valence-electron chi connectivity index (χ1n) is 8.28. The minimum Gasteiger partial charge on any atom is -0.292 e. The number of sulfonamides is 1. The van der Waals surface area contributed by atoms with Crippen molar-refractivity contribution in [2.24, 2.45) is 0 Å². The fourth-order valence-electron chi connectivity index (χ4n) is 3.18. The molecular formula is C16H23N5O3S. The van der Waals surface area contributed by atoms with Crippen LogP contribution in [0.2, 0.25) is 0 Å². The molecule has 2 aromatic rings. The van der Waals surface area contributed by atoms with Crippen LogP contribution >= 0.6 is 0 Å². The highest BCUT2D eigenvalue weighted by Crippen LogP contribution is 2.30. The van der Waals surface area contributed by atoms with E-state index in [0.29, 0.717) is 12.4 Å². The van der Waals surface area contributed by atoms with Crippen molar-refractivity contribution in [1.82, 2.24) is 24.4 Å². The summed E-state index contributed by atoms with van der Waals surface area (Å²) in [6.45, 7) is 1.49. The smallest absolute Gasteiger partial charge is 0.292 e. The average molecular weight is 365 g/mol. The molecule has 0 aliphatic carbocycles. The van der Waals surface area contributed by atoms with Crippen LogP contribution in [0.3, 0.4) is 0 Å². The molecule has 2 heterocycles. The van der Waals surface area contributed by atoms with E-state index < -0.39 is 10.0 Å². The molecule has 1 aliphatic rings. The fourth-order valence-corrected chi connectivity index (χ4v) is 4.15. The van der Waals surface area contributed by atoms with Crippen LogP contribution < -0.4 is 5.69 Å². The third-order valence-corrected chi connectivity index (χ3v) is 6.32. The summed E-state index contributed by atoms with van der Waals surface area (Å²) in [4.78, 5) is 16.6. The van der Waals surface area contributed by atoms with Crippen LogP contribution in [0.4, 0.5) is 0 Å². The molecule has 0 unspecified atom stereocenters. The van der Waals surface area contributed by atoms with Crippen molar-refractivity contribution in [1.29, 1.82) is 0 Å². The minimum atomic E-state index is -3.45. The van der Waals surface area contributed by atoms with Gasteiger partial charge in [0.25, 0.3) is 0 Å². The van der Waals surface area contributed by atoms with E-state index >= 15 is 0 Å². The van der Waals surface area contributed by atoms with Gasteiger partial charge in [0.2, 0.25) is 10.0 Å². The summed E-state index contributed by atoms with van der Waals surface area (Å²) in [5, 5.41) is 6.49. The molecule has 1 aromatic heterocycles. The molecule has 2 N–H and O–H groups in total.